The average molecular weight is 730 g/mol. The van der Waals surface area contributed by atoms with Crippen molar-refractivity contribution in [2.75, 3.05) is 6.61 Å². The highest BCUT2D eigenvalue weighted by Gasteiger charge is 2.10. The Morgan fingerprint density at radius 1 is 0.838 bits per heavy atom. The third kappa shape index (κ3) is 7.82. The number of ether oxygens (including phenoxy) is 1. The van der Waals surface area contributed by atoms with Crippen LogP contribution in [0.15, 0.2) is 111 Å². The van der Waals surface area contributed by atoms with Gasteiger partial charge in [0.25, 0.3) is 0 Å². The molecule has 5 heteroatoms. The topological polar surface area (TPSA) is 22.4 Å². The fourth-order valence-electron chi connectivity index (χ4n) is 3.94. The van der Waals surface area contributed by atoms with E-state index in [9.17, 15) is 0 Å². The highest BCUT2D eigenvalue weighted by molar-refractivity contribution is 14.1. The molecular weight excluding hydrogens is 703 g/mol. The van der Waals surface area contributed by atoms with Crippen LogP contribution in [0.1, 0.15) is 27.8 Å². The van der Waals surface area contributed by atoms with Crippen LogP contribution in [-0.4, -0.2) is 6.61 Å². The van der Waals surface area contributed by atoms with Crippen LogP contribution in [0.25, 0.3) is 17.0 Å². The van der Waals surface area contributed by atoms with Gasteiger partial charge in [-0.2, -0.15) is 0 Å². The van der Waals surface area contributed by atoms with Crippen molar-refractivity contribution >= 4 is 71.5 Å². The van der Waals surface area contributed by atoms with Crippen molar-refractivity contribution in [3.05, 3.63) is 138 Å². The summed E-state index contributed by atoms with van der Waals surface area (Å²) in [5.41, 5.74) is 7.13. The fourth-order valence-corrected chi connectivity index (χ4v) is 6.60. The van der Waals surface area contributed by atoms with E-state index in [0.717, 1.165) is 30.3 Å². The van der Waals surface area contributed by atoms with E-state index >= 15 is 0 Å². The number of halogens is 3. The Balaban J connectivity index is 0.000000173. The van der Waals surface area contributed by atoms with Gasteiger partial charge in [-0.15, -0.1) is 0 Å². The van der Waals surface area contributed by atoms with Crippen LogP contribution in [0.2, 0.25) is 0 Å². The number of fused-ring (bicyclic) bond motifs is 1. The van der Waals surface area contributed by atoms with Crippen LogP contribution in [0.4, 0.5) is 0 Å². The predicted molar refractivity (Wildman–Crippen MR) is 170 cm³/mol. The smallest absolute Gasteiger partial charge is 0.148 e. The van der Waals surface area contributed by atoms with E-state index in [1.54, 1.807) is 0 Å². The molecule has 0 atom stereocenters. The largest absolute Gasteiger partial charge is 0.487 e. The minimum atomic E-state index is 0.562. The van der Waals surface area contributed by atoms with Gasteiger partial charge >= 0.3 is 0 Å². The molecular formula is C32H27Br2IO2. The first-order valence-electron chi connectivity index (χ1n) is 11.9. The minimum Gasteiger partial charge on any atom is -0.487 e. The zero-order valence-corrected chi connectivity index (χ0v) is 26.0. The number of benzene rings is 4. The molecule has 5 aromatic rings. The molecule has 2 nitrogen and oxygen atoms in total. The van der Waals surface area contributed by atoms with Crippen molar-refractivity contribution in [2.45, 2.75) is 20.3 Å². The van der Waals surface area contributed by atoms with Crippen molar-refractivity contribution in [1.82, 2.24) is 0 Å². The van der Waals surface area contributed by atoms with Crippen LogP contribution < -0.4 is 4.74 Å². The lowest BCUT2D eigenvalue weighted by atomic mass is 10.0. The third-order valence-electron chi connectivity index (χ3n) is 5.67. The molecule has 0 spiro atoms. The Kier molecular flexibility index (Phi) is 10.1. The van der Waals surface area contributed by atoms with Crippen molar-refractivity contribution in [3.8, 4) is 5.75 Å². The van der Waals surface area contributed by atoms with Crippen LogP contribution in [0.3, 0.4) is 0 Å². The molecule has 0 aliphatic rings. The van der Waals surface area contributed by atoms with Crippen molar-refractivity contribution in [1.29, 1.82) is 0 Å². The Morgan fingerprint density at radius 3 is 2.19 bits per heavy atom. The molecule has 1 aromatic heterocycles. The highest BCUT2D eigenvalue weighted by atomic mass is 127. The Labute approximate surface area is 249 Å². The Hall–Kier alpha value is -2.35. The predicted octanol–water partition coefficient (Wildman–Crippen LogP) is 10.5. The first-order valence-corrected chi connectivity index (χ1v) is 14.6. The minimum absolute atomic E-state index is 0.562. The van der Waals surface area contributed by atoms with Gasteiger partial charge in [-0.25, -0.2) is 0 Å². The fraction of sp³-hybridized carbons (Fsp3) is 0.125. The van der Waals surface area contributed by atoms with E-state index in [4.69, 9.17) is 9.15 Å². The van der Waals surface area contributed by atoms with Crippen LogP contribution in [-0.2, 0) is 6.42 Å². The summed E-state index contributed by atoms with van der Waals surface area (Å²) in [6, 6.07) is 29.1. The van der Waals surface area contributed by atoms with Crippen LogP contribution in [0, 0.1) is 17.4 Å². The summed E-state index contributed by atoms with van der Waals surface area (Å²) in [5.74, 6) is 0.906. The average Bonchev–Trinajstić information content (AvgIpc) is 3.27. The van der Waals surface area contributed by atoms with Gasteiger partial charge in [-0.1, -0.05) is 66.7 Å². The number of furan rings is 1. The monoisotopic (exact) mass is 728 g/mol. The molecule has 0 saturated heterocycles. The molecule has 4 aromatic carbocycles. The van der Waals surface area contributed by atoms with Gasteiger partial charge in [0.15, 0.2) is 0 Å². The summed E-state index contributed by atoms with van der Waals surface area (Å²) in [7, 11) is 0. The summed E-state index contributed by atoms with van der Waals surface area (Å²) < 4.78 is 14.6. The SMILES string of the molecule is Cc1cc(Br)c(OCC=Cc2ccccc2)c(I)c1.Cc1cc(Br)c2occ(Cc3ccccc3)c2c1. The first kappa shape index (κ1) is 27.7. The van der Waals surface area contributed by atoms with Gasteiger partial charge in [-0.3, -0.25) is 0 Å². The van der Waals surface area contributed by atoms with Crippen molar-refractivity contribution in [2.24, 2.45) is 0 Å². The Bertz CT molecular complexity index is 1470. The maximum absolute atomic E-state index is 5.80. The molecule has 37 heavy (non-hydrogen) atoms. The summed E-state index contributed by atoms with van der Waals surface area (Å²) in [6.45, 7) is 4.74. The summed E-state index contributed by atoms with van der Waals surface area (Å²) in [5, 5.41) is 1.20. The van der Waals surface area contributed by atoms with Gasteiger partial charge < -0.3 is 9.15 Å². The number of aryl methyl sites for hydroxylation is 2. The van der Waals surface area contributed by atoms with Crippen LogP contribution >= 0.6 is 54.5 Å². The molecule has 0 aliphatic heterocycles. The van der Waals surface area contributed by atoms with E-state index in [1.165, 1.54) is 33.2 Å². The molecule has 0 aliphatic carbocycles. The maximum atomic E-state index is 5.80. The van der Waals surface area contributed by atoms with E-state index in [1.807, 2.05) is 36.6 Å². The second kappa shape index (κ2) is 13.4. The molecule has 0 unspecified atom stereocenters. The molecule has 188 valence electrons. The first-order chi connectivity index (χ1) is 17.9. The normalized spacial score (nSPS) is 10.9. The molecule has 0 fully saturated rings. The van der Waals surface area contributed by atoms with E-state index in [-0.39, 0.29) is 0 Å². The summed E-state index contributed by atoms with van der Waals surface area (Å²) >= 11 is 9.39. The Morgan fingerprint density at radius 2 is 1.49 bits per heavy atom. The summed E-state index contributed by atoms with van der Waals surface area (Å²) in [6.07, 6.45) is 6.86. The summed E-state index contributed by atoms with van der Waals surface area (Å²) in [4.78, 5) is 0. The molecule has 0 N–H and O–H groups in total. The number of rotatable bonds is 6. The third-order valence-corrected chi connectivity index (χ3v) is 7.65. The van der Waals surface area contributed by atoms with Gasteiger partial charge in [0.05, 0.1) is 18.8 Å². The molecule has 0 bridgehead atoms. The van der Waals surface area contributed by atoms with Crippen molar-refractivity contribution in [3.63, 3.8) is 0 Å². The molecule has 0 amide bonds. The zero-order chi connectivity index (χ0) is 26.2. The molecule has 0 saturated carbocycles. The molecule has 5 rings (SSSR count). The zero-order valence-electron chi connectivity index (χ0n) is 20.7. The van der Waals surface area contributed by atoms with E-state index < -0.39 is 0 Å². The van der Waals surface area contributed by atoms with Gasteiger partial charge in [0.2, 0.25) is 0 Å². The maximum Gasteiger partial charge on any atom is 0.148 e. The van der Waals surface area contributed by atoms with Crippen LogP contribution in [0.5, 0.6) is 5.75 Å². The number of hydrogen-bond donors (Lipinski definition) is 0. The standard InChI is InChI=1S/C16H14BrIO.C16H13BrO/c1-12-10-14(17)16(15(18)11-12)19-9-5-8-13-6-3-2-4-7-13;1-11-7-14-13(9-12-5-3-2-4-6-12)10-18-16(14)15(17)8-11/h2-8,10-11H,9H2,1H3;2-8,10H,9H2,1H3. The molecule has 1 heterocycles. The second-order valence-corrected chi connectivity index (χ2v) is 11.6. The van der Waals surface area contributed by atoms with Gasteiger partial charge in [0, 0.05) is 17.4 Å². The molecule has 0 radical (unpaired) electrons. The quantitative estimate of drug-likeness (QED) is 0.162. The lowest BCUT2D eigenvalue weighted by molar-refractivity contribution is 0.358. The second-order valence-electron chi connectivity index (χ2n) is 8.73. The lowest BCUT2D eigenvalue weighted by Gasteiger charge is -2.09. The van der Waals surface area contributed by atoms with E-state index in [0.29, 0.717) is 6.61 Å². The van der Waals surface area contributed by atoms with Gasteiger partial charge in [-0.05, 0) is 121 Å². The lowest BCUT2D eigenvalue weighted by Crippen LogP contribution is -1.97. The van der Waals surface area contributed by atoms with Crippen molar-refractivity contribution < 1.29 is 9.15 Å². The number of hydrogen-bond acceptors (Lipinski definition) is 2. The van der Waals surface area contributed by atoms with Gasteiger partial charge in [0.1, 0.15) is 17.9 Å². The highest BCUT2D eigenvalue weighted by Crippen LogP contribution is 2.32. The van der Waals surface area contributed by atoms with E-state index in [2.05, 4.69) is 135 Å².